The number of H-pyrrole nitrogens is 1. The van der Waals surface area contributed by atoms with Gasteiger partial charge in [-0.25, -0.2) is 18.4 Å². The van der Waals surface area contributed by atoms with Crippen LogP contribution in [-0.2, 0) is 20.9 Å². The van der Waals surface area contributed by atoms with Crippen LogP contribution in [0.15, 0.2) is 28.9 Å². The van der Waals surface area contributed by atoms with E-state index in [4.69, 9.17) is 9.88 Å². The number of nitrogens with one attached hydrogen (secondary N) is 1. The highest BCUT2D eigenvalue weighted by Crippen LogP contribution is 2.43. The van der Waals surface area contributed by atoms with Crippen molar-refractivity contribution in [2.24, 2.45) is 5.14 Å². The summed E-state index contributed by atoms with van der Waals surface area (Å²) in [6.45, 7) is 0.316. The fraction of sp³-hybridized carbons (Fsp3) is 0.286. The predicted octanol–water partition coefficient (Wildman–Crippen LogP) is 0.647. The average Bonchev–Trinajstić information content (AvgIpc) is 3.29. The summed E-state index contributed by atoms with van der Waals surface area (Å²) in [6, 6.07) is 1.72. The molecule has 4 rings (SSSR count). The van der Waals surface area contributed by atoms with Crippen LogP contribution < -0.4 is 10.0 Å². The lowest BCUT2D eigenvalue weighted by Crippen LogP contribution is -2.38. The molecule has 0 bridgehead atoms. The van der Waals surface area contributed by atoms with Crippen molar-refractivity contribution in [1.29, 1.82) is 0 Å². The third kappa shape index (κ3) is 3.27. The number of aromatic amines is 1. The zero-order chi connectivity index (χ0) is 21.0. The number of fused-ring (bicyclic) bond motifs is 1. The number of sulfonamides is 1. The van der Waals surface area contributed by atoms with Crippen LogP contribution >= 0.6 is 0 Å². The highest BCUT2D eigenvalue weighted by molar-refractivity contribution is 7.89. The average molecular weight is 431 g/mol. The second-order valence-corrected chi connectivity index (χ2v) is 7.63. The first-order valence-corrected chi connectivity index (χ1v) is 9.54. The van der Waals surface area contributed by atoms with E-state index >= 15 is 0 Å². The van der Waals surface area contributed by atoms with Crippen LogP contribution in [0.1, 0.15) is 5.56 Å². The number of nitrogens with two attached hydrogens (primary N) is 1. The number of amides is 1. The molecule has 2 aliphatic rings. The Morgan fingerprint density at radius 1 is 1.24 bits per heavy atom. The normalized spacial score (nSPS) is 17.2. The summed E-state index contributed by atoms with van der Waals surface area (Å²) in [6.07, 6.45) is -4.05. The minimum absolute atomic E-state index is 0.0183. The first-order valence-electron chi connectivity index (χ1n) is 8.00. The van der Waals surface area contributed by atoms with Crippen molar-refractivity contribution in [2.75, 3.05) is 24.6 Å². The molecule has 154 valence electrons. The molecule has 11 nitrogen and oxygen atoms in total. The van der Waals surface area contributed by atoms with Gasteiger partial charge in [0.05, 0.1) is 22.5 Å². The third-order valence-corrected chi connectivity index (χ3v) is 5.38. The first-order chi connectivity index (χ1) is 13.6. The third-order valence-electron chi connectivity index (χ3n) is 4.38. The van der Waals surface area contributed by atoms with Gasteiger partial charge in [-0.3, -0.25) is 4.90 Å². The first kappa shape index (κ1) is 19.1. The Balaban J connectivity index is 1.98. The van der Waals surface area contributed by atoms with Crippen molar-refractivity contribution in [3.05, 3.63) is 29.6 Å². The molecule has 2 aliphatic heterocycles. The second kappa shape index (κ2) is 6.41. The number of tetrazole rings is 1. The lowest BCUT2D eigenvalue weighted by Gasteiger charge is -2.31. The molecule has 3 N–H and O–H groups in total. The van der Waals surface area contributed by atoms with E-state index in [0.717, 1.165) is 6.07 Å². The largest absolute Gasteiger partial charge is 0.443 e. The Morgan fingerprint density at radius 2 is 2.00 bits per heavy atom. The molecule has 15 heteroatoms. The topological polar surface area (TPSA) is 147 Å². The molecule has 0 atom stereocenters. The van der Waals surface area contributed by atoms with Gasteiger partial charge in [0.25, 0.3) is 0 Å². The van der Waals surface area contributed by atoms with E-state index < -0.39 is 38.3 Å². The number of nitrogens with zero attached hydrogens (tertiary/aromatic N) is 5. The number of carbonyl (C=O) groups is 1. The van der Waals surface area contributed by atoms with Gasteiger partial charge in [0.2, 0.25) is 15.8 Å². The summed E-state index contributed by atoms with van der Waals surface area (Å²) in [5.74, 6) is -0.380. The molecule has 3 heterocycles. The van der Waals surface area contributed by atoms with Crippen LogP contribution in [0.4, 0.5) is 23.7 Å². The van der Waals surface area contributed by atoms with Crippen LogP contribution in [0.3, 0.4) is 0 Å². The van der Waals surface area contributed by atoms with Crippen LogP contribution in [-0.4, -0.2) is 59.7 Å². The minimum atomic E-state index is -5.00. The number of cyclic esters (lactones) is 1. The molecule has 1 amide bonds. The molecule has 0 spiro atoms. The molecule has 2 aromatic rings. The van der Waals surface area contributed by atoms with E-state index in [1.165, 1.54) is 16.0 Å². The molecule has 1 saturated heterocycles. The molecule has 0 aliphatic carbocycles. The van der Waals surface area contributed by atoms with Gasteiger partial charge >= 0.3 is 12.3 Å². The molecule has 1 aromatic carbocycles. The van der Waals surface area contributed by atoms with Crippen molar-refractivity contribution in [1.82, 2.24) is 25.5 Å². The molecular formula is C14H12F3N7O4S. The van der Waals surface area contributed by atoms with E-state index in [-0.39, 0.29) is 31.2 Å². The number of primary sulfonamides is 1. The summed E-state index contributed by atoms with van der Waals surface area (Å²) in [7, 11) is -4.84. The summed E-state index contributed by atoms with van der Waals surface area (Å²) in [5.41, 5.74) is -1.38. The highest BCUT2D eigenvalue weighted by Gasteiger charge is 2.41. The van der Waals surface area contributed by atoms with E-state index in [1.54, 1.807) is 0 Å². The number of rotatable bonds is 3. The van der Waals surface area contributed by atoms with Gasteiger partial charge < -0.3 is 9.64 Å². The minimum Gasteiger partial charge on any atom is -0.443 e. The summed E-state index contributed by atoms with van der Waals surface area (Å²) in [4.78, 5) is 13.3. The molecule has 0 saturated carbocycles. The van der Waals surface area contributed by atoms with E-state index in [2.05, 4.69) is 20.6 Å². The number of anilines is 1. The monoisotopic (exact) mass is 431 g/mol. The predicted molar refractivity (Wildman–Crippen MR) is 89.5 cm³/mol. The molecule has 1 aromatic heterocycles. The summed E-state index contributed by atoms with van der Waals surface area (Å²) < 4.78 is 69.8. The summed E-state index contributed by atoms with van der Waals surface area (Å²) in [5, 5.41) is 17.8. The zero-order valence-electron chi connectivity index (χ0n) is 14.3. The Hall–Kier alpha value is -3.20. The van der Waals surface area contributed by atoms with Crippen molar-refractivity contribution >= 4 is 21.8 Å². The number of hydrogen-bond donors (Lipinski definition) is 2. The Morgan fingerprint density at radius 3 is 2.62 bits per heavy atom. The standard InChI is InChI=1S/C14H12F3N7O4S/c15-14(16,17)8-1-2-9(23-3-4-24-7(5-23)6-28-13(24)25)10(11(8)29(18,26)27)12-19-21-22-20-12/h1-2,5H,3-4,6H2,(H2,18,26,27)(H,19,20,21,22). The number of carbonyl (C=O) groups excluding carboxylic acids is 1. The number of halogens is 3. The van der Waals surface area contributed by atoms with Gasteiger partial charge in [-0.1, -0.05) is 0 Å². The van der Waals surface area contributed by atoms with E-state index in [9.17, 15) is 26.4 Å². The van der Waals surface area contributed by atoms with Gasteiger partial charge in [-0.05, 0) is 17.3 Å². The molecule has 29 heavy (non-hydrogen) atoms. The van der Waals surface area contributed by atoms with E-state index in [1.807, 2.05) is 0 Å². The lowest BCUT2D eigenvalue weighted by atomic mass is 10.1. The quantitative estimate of drug-likeness (QED) is 0.720. The molecular weight excluding hydrogens is 419 g/mol. The van der Waals surface area contributed by atoms with Gasteiger partial charge in [-0.15, -0.1) is 10.2 Å². The van der Waals surface area contributed by atoms with Crippen molar-refractivity contribution in [2.45, 2.75) is 11.1 Å². The lowest BCUT2D eigenvalue weighted by molar-refractivity contribution is -0.139. The number of ether oxygens (including phenoxy) is 1. The van der Waals surface area contributed by atoms with E-state index in [0.29, 0.717) is 11.8 Å². The van der Waals surface area contributed by atoms with Crippen LogP contribution in [0.2, 0.25) is 0 Å². The number of benzene rings is 1. The van der Waals surface area contributed by atoms with Gasteiger partial charge in [0.15, 0.2) is 0 Å². The molecule has 0 unspecified atom stereocenters. The molecule has 1 fully saturated rings. The van der Waals surface area contributed by atoms with Crippen LogP contribution in [0.5, 0.6) is 0 Å². The Bertz CT molecular complexity index is 1110. The van der Waals surface area contributed by atoms with Gasteiger partial charge in [-0.2, -0.15) is 18.4 Å². The zero-order valence-corrected chi connectivity index (χ0v) is 15.2. The number of alkyl halides is 3. The SMILES string of the molecule is NS(=O)(=O)c1c(C(F)(F)F)ccc(N2C=C3COC(=O)N3CC2)c1-c1nn[nH]n1. The van der Waals surface area contributed by atoms with Crippen molar-refractivity contribution in [3.63, 3.8) is 0 Å². The van der Waals surface area contributed by atoms with Gasteiger partial charge in [0, 0.05) is 19.3 Å². The van der Waals surface area contributed by atoms with Crippen LogP contribution in [0.25, 0.3) is 11.4 Å². The maximum atomic E-state index is 13.5. The Labute approximate surface area is 161 Å². The maximum Gasteiger partial charge on any atom is 0.417 e. The fourth-order valence-corrected chi connectivity index (χ4v) is 4.18. The maximum absolute atomic E-state index is 13.5. The smallest absolute Gasteiger partial charge is 0.417 e. The number of aromatic nitrogens is 4. The fourth-order valence-electron chi connectivity index (χ4n) is 3.21. The highest BCUT2D eigenvalue weighted by atomic mass is 32.2. The second-order valence-electron chi connectivity index (χ2n) is 6.13. The van der Waals surface area contributed by atoms with Crippen molar-refractivity contribution < 1.29 is 31.1 Å². The Kier molecular flexibility index (Phi) is 4.23. The van der Waals surface area contributed by atoms with Crippen molar-refractivity contribution in [3.8, 4) is 11.4 Å². The number of hydrogen-bond acceptors (Lipinski definition) is 8. The molecule has 0 radical (unpaired) electrons. The summed E-state index contributed by atoms with van der Waals surface area (Å²) >= 11 is 0. The van der Waals surface area contributed by atoms with Gasteiger partial charge in [0.1, 0.15) is 11.5 Å². The van der Waals surface area contributed by atoms with Crippen LogP contribution in [0, 0.1) is 0 Å².